The number of aromatic nitrogens is 2. The molecular formula is C13H18N4O2. The lowest BCUT2D eigenvalue weighted by Crippen LogP contribution is -2.32. The summed E-state index contributed by atoms with van der Waals surface area (Å²) >= 11 is 0. The van der Waals surface area contributed by atoms with Crippen LogP contribution in [0.15, 0.2) is 22.6 Å². The average Bonchev–Trinajstić information content (AvgIpc) is 3.03. The van der Waals surface area contributed by atoms with Gasteiger partial charge in [-0.1, -0.05) is 0 Å². The van der Waals surface area contributed by atoms with E-state index in [1.807, 2.05) is 26.1 Å². The molecular weight excluding hydrogens is 244 g/mol. The maximum absolute atomic E-state index is 12.1. The molecule has 0 radical (unpaired) electrons. The van der Waals surface area contributed by atoms with Gasteiger partial charge in [-0.25, -0.2) is 0 Å². The third-order valence-electron chi connectivity index (χ3n) is 2.85. The van der Waals surface area contributed by atoms with E-state index in [0.29, 0.717) is 23.7 Å². The number of amides is 1. The lowest BCUT2D eigenvalue weighted by atomic mass is 10.3. The Morgan fingerprint density at radius 2 is 2.32 bits per heavy atom. The molecule has 2 aromatic rings. The molecule has 6 heteroatoms. The fraction of sp³-hybridized carbons (Fsp3) is 0.385. The van der Waals surface area contributed by atoms with Crippen LogP contribution in [-0.4, -0.2) is 48.2 Å². The molecule has 2 rings (SSSR count). The summed E-state index contributed by atoms with van der Waals surface area (Å²) in [6.45, 7) is 3.26. The van der Waals surface area contributed by atoms with E-state index in [9.17, 15) is 4.79 Å². The summed E-state index contributed by atoms with van der Waals surface area (Å²) in [5, 5.41) is 9.86. The van der Waals surface area contributed by atoms with Crippen molar-refractivity contribution < 1.29 is 9.21 Å². The van der Waals surface area contributed by atoms with Gasteiger partial charge >= 0.3 is 0 Å². The topological polar surface area (TPSA) is 74.2 Å². The first-order chi connectivity index (χ1) is 9.11. The molecule has 2 heterocycles. The Bertz CT molecular complexity index is 558. The van der Waals surface area contributed by atoms with Crippen LogP contribution in [0.25, 0.3) is 11.5 Å². The number of carbonyl (C=O) groups excluding carboxylic acids is 1. The van der Waals surface area contributed by atoms with Crippen molar-refractivity contribution in [3.05, 3.63) is 29.7 Å². The second kappa shape index (κ2) is 5.71. The van der Waals surface area contributed by atoms with Gasteiger partial charge in [0.2, 0.25) is 0 Å². The van der Waals surface area contributed by atoms with Gasteiger partial charge in [0.15, 0.2) is 11.5 Å². The molecule has 0 spiro atoms. The standard InChI is InChI=1S/C13H18N4O2/c1-9-4-5-12(19-9)10-8-11(16-15-10)13(18)17(3)7-6-14-2/h4-5,8,14H,6-7H2,1-3H3,(H,15,16). The number of aryl methyl sites for hydroxylation is 1. The van der Waals surface area contributed by atoms with Gasteiger partial charge in [-0.2, -0.15) is 5.10 Å². The van der Waals surface area contributed by atoms with E-state index in [-0.39, 0.29) is 5.91 Å². The van der Waals surface area contributed by atoms with E-state index >= 15 is 0 Å². The van der Waals surface area contributed by atoms with Crippen molar-refractivity contribution >= 4 is 5.91 Å². The summed E-state index contributed by atoms with van der Waals surface area (Å²) in [7, 11) is 3.61. The third kappa shape index (κ3) is 3.03. The normalized spacial score (nSPS) is 10.7. The highest BCUT2D eigenvalue weighted by Crippen LogP contribution is 2.20. The summed E-state index contributed by atoms with van der Waals surface area (Å²) in [6.07, 6.45) is 0. The molecule has 0 bridgehead atoms. The summed E-state index contributed by atoms with van der Waals surface area (Å²) < 4.78 is 5.48. The first-order valence-electron chi connectivity index (χ1n) is 6.14. The Hall–Kier alpha value is -2.08. The summed E-state index contributed by atoms with van der Waals surface area (Å²) in [5.74, 6) is 1.39. The SMILES string of the molecule is CNCCN(C)C(=O)c1cc(-c2ccc(C)o2)[nH]n1. The number of furan rings is 1. The van der Waals surface area contributed by atoms with Gasteiger partial charge in [0.25, 0.3) is 5.91 Å². The second-order valence-electron chi connectivity index (χ2n) is 4.41. The molecule has 0 aliphatic carbocycles. The zero-order chi connectivity index (χ0) is 13.8. The highest BCUT2D eigenvalue weighted by molar-refractivity contribution is 5.93. The van der Waals surface area contributed by atoms with E-state index in [0.717, 1.165) is 12.3 Å². The molecule has 0 saturated heterocycles. The van der Waals surface area contributed by atoms with Crippen molar-refractivity contribution in [1.82, 2.24) is 20.4 Å². The van der Waals surface area contributed by atoms with E-state index in [1.54, 1.807) is 18.0 Å². The fourth-order valence-electron chi connectivity index (χ4n) is 1.71. The molecule has 0 atom stereocenters. The number of likely N-dealkylation sites (N-methyl/N-ethyl adjacent to an activating group) is 2. The highest BCUT2D eigenvalue weighted by Gasteiger charge is 2.16. The van der Waals surface area contributed by atoms with Crippen molar-refractivity contribution in [2.24, 2.45) is 0 Å². The number of hydrogen-bond acceptors (Lipinski definition) is 4. The molecule has 0 fully saturated rings. The molecule has 19 heavy (non-hydrogen) atoms. The van der Waals surface area contributed by atoms with Gasteiger partial charge in [0.05, 0.1) is 0 Å². The molecule has 2 N–H and O–H groups in total. The first kappa shape index (κ1) is 13.4. The number of H-pyrrole nitrogens is 1. The van der Waals surface area contributed by atoms with Crippen LogP contribution < -0.4 is 5.32 Å². The molecule has 0 aromatic carbocycles. The molecule has 0 aliphatic heterocycles. The number of aromatic amines is 1. The van der Waals surface area contributed by atoms with Crippen LogP contribution >= 0.6 is 0 Å². The number of hydrogen-bond donors (Lipinski definition) is 2. The molecule has 102 valence electrons. The van der Waals surface area contributed by atoms with Gasteiger partial charge in [-0.15, -0.1) is 0 Å². The molecule has 0 saturated carbocycles. The van der Waals surface area contributed by atoms with Gasteiger partial charge in [0.1, 0.15) is 11.5 Å². The van der Waals surface area contributed by atoms with Crippen LogP contribution in [0.3, 0.4) is 0 Å². The molecule has 2 aromatic heterocycles. The lowest BCUT2D eigenvalue weighted by molar-refractivity contribution is 0.0791. The van der Waals surface area contributed by atoms with Gasteiger partial charge < -0.3 is 14.6 Å². The van der Waals surface area contributed by atoms with Crippen LogP contribution in [0.1, 0.15) is 16.2 Å². The van der Waals surface area contributed by atoms with Crippen molar-refractivity contribution in [3.8, 4) is 11.5 Å². The minimum Gasteiger partial charge on any atom is -0.460 e. The lowest BCUT2D eigenvalue weighted by Gasteiger charge is -2.14. The number of rotatable bonds is 5. The number of carbonyl (C=O) groups is 1. The van der Waals surface area contributed by atoms with Crippen LogP contribution in [-0.2, 0) is 0 Å². The zero-order valence-electron chi connectivity index (χ0n) is 11.4. The van der Waals surface area contributed by atoms with Crippen molar-refractivity contribution in [2.75, 3.05) is 27.2 Å². The smallest absolute Gasteiger partial charge is 0.274 e. The van der Waals surface area contributed by atoms with Gasteiger partial charge in [-0.05, 0) is 26.1 Å². The predicted molar refractivity (Wildman–Crippen MR) is 71.9 cm³/mol. The Morgan fingerprint density at radius 1 is 1.53 bits per heavy atom. The molecule has 0 unspecified atom stereocenters. The van der Waals surface area contributed by atoms with Crippen LogP contribution in [0.2, 0.25) is 0 Å². The molecule has 6 nitrogen and oxygen atoms in total. The maximum Gasteiger partial charge on any atom is 0.274 e. The first-order valence-corrected chi connectivity index (χ1v) is 6.14. The zero-order valence-corrected chi connectivity index (χ0v) is 11.4. The molecule has 1 amide bonds. The van der Waals surface area contributed by atoms with E-state index in [2.05, 4.69) is 15.5 Å². The number of nitrogens with one attached hydrogen (secondary N) is 2. The number of nitrogens with zero attached hydrogens (tertiary/aromatic N) is 2. The van der Waals surface area contributed by atoms with Gasteiger partial charge in [0, 0.05) is 26.2 Å². The maximum atomic E-state index is 12.1. The predicted octanol–water partition coefficient (Wildman–Crippen LogP) is 1.27. The third-order valence-corrected chi connectivity index (χ3v) is 2.85. The average molecular weight is 262 g/mol. The molecule has 0 aliphatic rings. The van der Waals surface area contributed by atoms with Crippen LogP contribution in [0.5, 0.6) is 0 Å². The summed E-state index contributed by atoms with van der Waals surface area (Å²) in [4.78, 5) is 13.7. The van der Waals surface area contributed by atoms with E-state index < -0.39 is 0 Å². The highest BCUT2D eigenvalue weighted by atomic mass is 16.3. The largest absolute Gasteiger partial charge is 0.460 e. The Balaban J connectivity index is 2.10. The van der Waals surface area contributed by atoms with Gasteiger partial charge in [-0.3, -0.25) is 9.89 Å². The quantitative estimate of drug-likeness (QED) is 0.851. The fourth-order valence-corrected chi connectivity index (χ4v) is 1.71. The van der Waals surface area contributed by atoms with E-state index in [1.165, 1.54) is 0 Å². The minimum absolute atomic E-state index is 0.110. The second-order valence-corrected chi connectivity index (χ2v) is 4.41. The Morgan fingerprint density at radius 3 is 2.95 bits per heavy atom. The monoisotopic (exact) mass is 262 g/mol. The van der Waals surface area contributed by atoms with Crippen LogP contribution in [0.4, 0.5) is 0 Å². The summed E-state index contributed by atoms with van der Waals surface area (Å²) in [5.41, 5.74) is 1.10. The van der Waals surface area contributed by atoms with Crippen molar-refractivity contribution in [2.45, 2.75) is 6.92 Å². The van der Waals surface area contributed by atoms with Crippen molar-refractivity contribution in [3.63, 3.8) is 0 Å². The Kier molecular flexibility index (Phi) is 4.01. The Labute approximate surface area is 111 Å². The minimum atomic E-state index is -0.110. The van der Waals surface area contributed by atoms with Crippen molar-refractivity contribution in [1.29, 1.82) is 0 Å². The summed E-state index contributed by atoms with van der Waals surface area (Å²) in [6, 6.07) is 5.43. The van der Waals surface area contributed by atoms with Crippen LogP contribution in [0, 0.1) is 6.92 Å². The van der Waals surface area contributed by atoms with E-state index in [4.69, 9.17) is 4.42 Å².